The number of hydrogen-bond acceptors (Lipinski definition) is 4. The highest BCUT2D eigenvalue weighted by Crippen LogP contribution is 2.32. The Kier molecular flexibility index (Phi) is 3.84. The Hall–Kier alpha value is -2.01. The summed E-state index contributed by atoms with van der Waals surface area (Å²) in [4.78, 5) is 11.3. The molecular formula is C13H11NO3S. The molecule has 0 fully saturated rings. The number of para-hydroxylation sites is 2. The summed E-state index contributed by atoms with van der Waals surface area (Å²) in [5.41, 5.74) is 1.04. The van der Waals surface area contributed by atoms with Crippen LogP contribution in [0, 0.1) is 17.0 Å². The second kappa shape index (κ2) is 5.55. The summed E-state index contributed by atoms with van der Waals surface area (Å²) in [7, 11) is 0. The molecule has 2 rings (SSSR count). The smallest absolute Gasteiger partial charge is 0.312 e. The molecule has 0 aromatic heterocycles. The first-order valence-corrected chi connectivity index (χ1v) is 6.06. The van der Waals surface area contributed by atoms with Gasteiger partial charge < -0.3 is 4.18 Å². The zero-order valence-corrected chi connectivity index (χ0v) is 10.5. The van der Waals surface area contributed by atoms with E-state index in [0.29, 0.717) is 0 Å². The molecule has 18 heavy (non-hydrogen) atoms. The minimum atomic E-state index is -0.451. The maximum atomic E-state index is 10.8. The first kappa shape index (κ1) is 12.4. The van der Waals surface area contributed by atoms with Gasteiger partial charge in [-0.3, -0.25) is 10.1 Å². The van der Waals surface area contributed by atoms with Crippen LogP contribution < -0.4 is 4.18 Å². The Bertz CT molecular complexity index is 572. The van der Waals surface area contributed by atoms with Crippen LogP contribution in [-0.4, -0.2) is 4.92 Å². The van der Waals surface area contributed by atoms with Crippen molar-refractivity contribution < 1.29 is 9.11 Å². The van der Waals surface area contributed by atoms with Gasteiger partial charge in [-0.1, -0.05) is 30.3 Å². The molecule has 0 aliphatic rings. The first-order chi connectivity index (χ1) is 8.68. The average Bonchev–Trinajstić information content (AvgIpc) is 2.38. The lowest BCUT2D eigenvalue weighted by atomic mass is 10.2. The average molecular weight is 261 g/mol. The van der Waals surface area contributed by atoms with Gasteiger partial charge in [-0.15, -0.1) is 0 Å². The number of hydrogen-bond donors (Lipinski definition) is 0. The second-order valence-electron chi connectivity index (χ2n) is 3.66. The molecule has 2 aromatic rings. The fourth-order valence-corrected chi connectivity index (χ4v) is 2.07. The van der Waals surface area contributed by atoms with Crippen molar-refractivity contribution in [1.29, 1.82) is 0 Å². The van der Waals surface area contributed by atoms with Crippen molar-refractivity contribution in [1.82, 2.24) is 0 Å². The van der Waals surface area contributed by atoms with Crippen LogP contribution in [0.4, 0.5) is 5.69 Å². The van der Waals surface area contributed by atoms with Gasteiger partial charge in [0.1, 0.15) is 0 Å². The Labute approximate surface area is 109 Å². The van der Waals surface area contributed by atoms with Crippen LogP contribution in [0.1, 0.15) is 5.56 Å². The fourth-order valence-electron chi connectivity index (χ4n) is 1.42. The molecule has 0 bridgehead atoms. The predicted octanol–water partition coefficient (Wildman–Crippen LogP) is 3.99. The number of nitro benzene ring substituents is 1. The predicted molar refractivity (Wildman–Crippen MR) is 70.8 cm³/mol. The van der Waals surface area contributed by atoms with Gasteiger partial charge in [0.05, 0.1) is 21.9 Å². The van der Waals surface area contributed by atoms with Crippen LogP contribution in [0.15, 0.2) is 53.4 Å². The summed E-state index contributed by atoms with van der Waals surface area (Å²) in [6, 6.07) is 14.0. The number of nitrogens with zero attached hydrogens (tertiary/aromatic N) is 1. The highest BCUT2D eigenvalue weighted by atomic mass is 32.2. The molecule has 0 heterocycles. The Morgan fingerprint density at radius 3 is 2.50 bits per heavy atom. The van der Waals surface area contributed by atoms with E-state index in [2.05, 4.69) is 0 Å². The van der Waals surface area contributed by atoms with Crippen LogP contribution in [0.3, 0.4) is 0 Å². The standard InChI is InChI=1S/C13H11NO3S/c1-10-6-2-5-9-13(10)18-17-12-8-4-3-7-11(12)14(15)16/h2-9H,1H3. The summed E-state index contributed by atoms with van der Waals surface area (Å²) in [5, 5.41) is 10.8. The minimum absolute atomic E-state index is 0.0291. The summed E-state index contributed by atoms with van der Waals surface area (Å²) in [5.74, 6) is 0.260. The van der Waals surface area contributed by atoms with Crippen LogP contribution in [0.25, 0.3) is 0 Å². The van der Waals surface area contributed by atoms with Gasteiger partial charge >= 0.3 is 5.69 Å². The summed E-state index contributed by atoms with van der Waals surface area (Å²) in [6.07, 6.45) is 0. The molecule has 4 nitrogen and oxygen atoms in total. The summed E-state index contributed by atoms with van der Waals surface area (Å²) >= 11 is 1.13. The van der Waals surface area contributed by atoms with E-state index in [9.17, 15) is 10.1 Å². The van der Waals surface area contributed by atoms with Crippen LogP contribution >= 0.6 is 12.0 Å². The minimum Gasteiger partial charge on any atom is -0.413 e. The molecule has 0 saturated carbocycles. The zero-order chi connectivity index (χ0) is 13.0. The molecule has 0 spiro atoms. The quantitative estimate of drug-likeness (QED) is 0.474. The van der Waals surface area contributed by atoms with E-state index in [1.165, 1.54) is 6.07 Å². The molecular weight excluding hydrogens is 250 g/mol. The topological polar surface area (TPSA) is 52.4 Å². The molecule has 92 valence electrons. The maximum Gasteiger partial charge on any atom is 0.312 e. The third kappa shape index (κ3) is 2.81. The van der Waals surface area contributed by atoms with Crippen LogP contribution in [0.2, 0.25) is 0 Å². The van der Waals surface area contributed by atoms with Gasteiger partial charge in [0.15, 0.2) is 0 Å². The van der Waals surface area contributed by atoms with Gasteiger partial charge in [-0.2, -0.15) is 0 Å². The highest BCUT2D eigenvalue weighted by Gasteiger charge is 2.14. The summed E-state index contributed by atoms with van der Waals surface area (Å²) in [6.45, 7) is 1.96. The number of rotatable bonds is 4. The van der Waals surface area contributed by atoms with E-state index in [4.69, 9.17) is 4.18 Å². The lowest BCUT2D eigenvalue weighted by Gasteiger charge is -2.06. The van der Waals surface area contributed by atoms with Crippen molar-refractivity contribution in [3.05, 3.63) is 64.2 Å². The molecule has 0 N–H and O–H groups in total. The zero-order valence-electron chi connectivity index (χ0n) is 9.70. The number of benzene rings is 2. The van der Waals surface area contributed by atoms with E-state index in [1.807, 2.05) is 31.2 Å². The van der Waals surface area contributed by atoms with E-state index in [0.717, 1.165) is 22.5 Å². The van der Waals surface area contributed by atoms with Crippen molar-refractivity contribution in [2.75, 3.05) is 0 Å². The first-order valence-electron chi connectivity index (χ1n) is 5.32. The largest absolute Gasteiger partial charge is 0.413 e. The van der Waals surface area contributed by atoms with Crippen molar-refractivity contribution in [2.45, 2.75) is 11.8 Å². The van der Waals surface area contributed by atoms with Crippen molar-refractivity contribution in [3.8, 4) is 5.75 Å². The maximum absolute atomic E-state index is 10.8. The van der Waals surface area contributed by atoms with Gasteiger partial charge in [0.25, 0.3) is 0 Å². The van der Waals surface area contributed by atoms with Crippen molar-refractivity contribution >= 4 is 17.7 Å². The van der Waals surface area contributed by atoms with Gasteiger partial charge in [-0.05, 0) is 24.6 Å². The summed E-state index contributed by atoms with van der Waals surface area (Å²) < 4.78 is 5.44. The molecule has 0 amide bonds. The fraction of sp³-hybridized carbons (Fsp3) is 0.0769. The lowest BCUT2D eigenvalue weighted by Crippen LogP contribution is -1.92. The third-order valence-corrected chi connectivity index (χ3v) is 3.28. The highest BCUT2D eigenvalue weighted by molar-refractivity contribution is 7.95. The van der Waals surface area contributed by atoms with E-state index >= 15 is 0 Å². The van der Waals surface area contributed by atoms with Gasteiger partial charge in [0, 0.05) is 6.07 Å². The molecule has 0 aliphatic carbocycles. The molecule has 0 radical (unpaired) electrons. The van der Waals surface area contributed by atoms with Gasteiger partial charge in [0.2, 0.25) is 5.75 Å². The SMILES string of the molecule is Cc1ccccc1SOc1ccccc1[N+](=O)[O-]. The molecule has 0 unspecified atom stereocenters. The third-order valence-electron chi connectivity index (χ3n) is 2.38. The van der Waals surface area contributed by atoms with E-state index in [1.54, 1.807) is 18.2 Å². The number of aryl methyl sites for hydroxylation is 1. The molecule has 0 atom stereocenters. The molecule has 2 aromatic carbocycles. The molecule has 0 saturated heterocycles. The Morgan fingerprint density at radius 2 is 1.78 bits per heavy atom. The van der Waals surface area contributed by atoms with Crippen LogP contribution in [0.5, 0.6) is 5.75 Å². The monoisotopic (exact) mass is 261 g/mol. The molecule has 5 heteroatoms. The normalized spacial score (nSPS) is 10.1. The van der Waals surface area contributed by atoms with E-state index < -0.39 is 4.92 Å². The second-order valence-corrected chi connectivity index (χ2v) is 4.43. The molecule has 0 aliphatic heterocycles. The van der Waals surface area contributed by atoms with Crippen molar-refractivity contribution in [3.63, 3.8) is 0 Å². The Morgan fingerprint density at radius 1 is 1.11 bits per heavy atom. The van der Waals surface area contributed by atoms with Crippen LogP contribution in [-0.2, 0) is 0 Å². The number of nitro groups is 1. The Balaban J connectivity index is 2.16. The van der Waals surface area contributed by atoms with E-state index in [-0.39, 0.29) is 11.4 Å². The van der Waals surface area contributed by atoms with Crippen molar-refractivity contribution in [2.24, 2.45) is 0 Å². The van der Waals surface area contributed by atoms with Gasteiger partial charge in [-0.25, -0.2) is 0 Å². The lowest BCUT2D eigenvalue weighted by molar-refractivity contribution is -0.385.